The number of hydrogen-bond acceptors (Lipinski definition) is 3. The van der Waals surface area contributed by atoms with Crippen molar-refractivity contribution >= 4 is 12.4 Å². The number of hydrogen-bond donors (Lipinski definition) is 1. The molecule has 1 N–H and O–H groups in total. The molecule has 2 heterocycles. The number of benzene rings is 1. The third-order valence-electron chi connectivity index (χ3n) is 4.57. The van der Waals surface area contributed by atoms with Gasteiger partial charge in [0.2, 0.25) is 0 Å². The van der Waals surface area contributed by atoms with Crippen molar-refractivity contribution in [3.8, 4) is 5.75 Å². The van der Waals surface area contributed by atoms with Crippen LogP contribution in [0.1, 0.15) is 24.0 Å². The standard InChI is InChI=1S/C16H24N2O.ClH/c1-12-3-4-16(19-2)14(9-12)11-18-8-6-15-13(10-18)5-7-17-15;/h3-4,9,13,15,17H,5-8,10-11H2,1-2H3;1H. The zero-order valence-electron chi connectivity index (χ0n) is 12.4. The van der Waals surface area contributed by atoms with Crippen molar-refractivity contribution in [2.24, 2.45) is 5.92 Å². The molecule has 0 bridgehead atoms. The van der Waals surface area contributed by atoms with Gasteiger partial charge >= 0.3 is 0 Å². The number of likely N-dealkylation sites (tertiary alicyclic amines) is 1. The van der Waals surface area contributed by atoms with Crippen LogP contribution in [0.5, 0.6) is 5.75 Å². The molecule has 0 aliphatic carbocycles. The lowest BCUT2D eigenvalue weighted by Crippen LogP contribution is -2.43. The van der Waals surface area contributed by atoms with Crippen LogP contribution in [0.15, 0.2) is 18.2 Å². The van der Waals surface area contributed by atoms with Gasteiger partial charge in [0.05, 0.1) is 7.11 Å². The highest BCUT2D eigenvalue weighted by atomic mass is 35.5. The third-order valence-corrected chi connectivity index (χ3v) is 4.57. The maximum absolute atomic E-state index is 5.49. The van der Waals surface area contributed by atoms with Gasteiger partial charge in [0.25, 0.3) is 0 Å². The minimum Gasteiger partial charge on any atom is -0.496 e. The number of rotatable bonds is 3. The molecular formula is C16H25ClN2O. The fourth-order valence-corrected chi connectivity index (χ4v) is 3.54. The first kappa shape index (κ1) is 15.6. The molecule has 0 spiro atoms. The molecule has 2 fully saturated rings. The van der Waals surface area contributed by atoms with Crippen LogP contribution in [0.4, 0.5) is 0 Å². The Morgan fingerprint density at radius 2 is 2.20 bits per heavy atom. The first-order valence-electron chi connectivity index (χ1n) is 7.35. The molecule has 1 aromatic rings. The maximum atomic E-state index is 5.49. The van der Waals surface area contributed by atoms with E-state index in [-0.39, 0.29) is 12.4 Å². The van der Waals surface area contributed by atoms with Crippen LogP contribution < -0.4 is 10.1 Å². The smallest absolute Gasteiger partial charge is 0.123 e. The molecule has 0 amide bonds. The lowest BCUT2D eigenvalue weighted by molar-refractivity contribution is 0.154. The number of nitrogens with zero attached hydrogens (tertiary/aromatic N) is 1. The van der Waals surface area contributed by atoms with E-state index >= 15 is 0 Å². The summed E-state index contributed by atoms with van der Waals surface area (Å²) in [6.07, 6.45) is 2.63. The van der Waals surface area contributed by atoms with Crippen molar-refractivity contribution in [3.63, 3.8) is 0 Å². The Labute approximate surface area is 128 Å². The minimum atomic E-state index is 0. The van der Waals surface area contributed by atoms with Crippen LogP contribution in [-0.4, -0.2) is 37.7 Å². The van der Waals surface area contributed by atoms with E-state index in [1.54, 1.807) is 7.11 Å². The molecule has 0 saturated carbocycles. The molecule has 0 aromatic heterocycles. The number of methoxy groups -OCH3 is 1. The van der Waals surface area contributed by atoms with Gasteiger partial charge in [0, 0.05) is 24.7 Å². The number of ether oxygens (including phenoxy) is 1. The van der Waals surface area contributed by atoms with E-state index in [4.69, 9.17) is 4.74 Å². The minimum absolute atomic E-state index is 0. The third kappa shape index (κ3) is 3.27. The predicted octanol–water partition coefficient (Wildman–Crippen LogP) is 2.61. The molecule has 0 radical (unpaired) electrons. The zero-order chi connectivity index (χ0) is 13.2. The van der Waals surface area contributed by atoms with Gasteiger partial charge in [-0.2, -0.15) is 0 Å². The Balaban J connectivity index is 0.00000147. The normalized spacial score (nSPS) is 25.9. The summed E-state index contributed by atoms with van der Waals surface area (Å²) in [6, 6.07) is 7.25. The summed E-state index contributed by atoms with van der Waals surface area (Å²) in [5.41, 5.74) is 2.64. The largest absolute Gasteiger partial charge is 0.496 e. The van der Waals surface area contributed by atoms with Crippen molar-refractivity contribution < 1.29 is 4.74 Å². The van der Waals surface area contributed by atoms with Gasteiger partial charge in [-0.3, -0.25) is 4.90 Å². The number of piperidine rings is 1. The van der Waals surface area contributed by atoms with Crippen LogP contribution in [0.25, 0.3) is 0 Å². The van der Waals surface area contributed by atoms with Crippen molar-refractivity contribution in [1.82, 2.24) is 10.2 Å². The average molecular weight is 297 g/mol. The van der Waals surface area contributed by atoms with Gasteiger partial charge in [-0.25, -0.2) is 0 Å². The fourth-order valence-electron chi connectivity index (χ4n) is 3.54. The van der Waals surface area contributed by atoms with Crippen LogP contribution in [0.3, 0.4) is 0 Å². The second-order valence-electron chi connectivity index (χ2n) is 5.95. The molecule has 3 rings (SSSR count). The summed E-state index contributed by atoms with van der Waals surface area (Å²) in [6.45, 7) is 6.81. The van der Waals surface area contributed by atoms with E-state index in [0.29, 0.717) is 0 Å². The lowest BCUT2D eigenvalue weighted by Gasteiger charge is -2.35. The molecular weight excluding hydrogens is 272 g/mol. The molecule has 2 unspecified atom stereocenters. The van der Waals surface area contributed by atoms with Crippen molar-refractivity contribution in [1.29, 1.82) is 0 Å². The molecule has 2 aliphatic rings. The number of fused-ring (bicyclic) bond motifs is 1. The Morgan fingerprint density at radius 1 is 1.35 bits per heavy atom. The number of aryl methyl sites for hydroxylation is 1. The Hall–Kier alpha value is -0.770. The first-order chi connectivity index (χ1) is 9.26. The number of halogens is 1. The summed E-state index contributed by atoms with van der Waals surface area (Å²) in [5, 5.41) is 3.62. The van der Waals surface area contributed by atoms with Gasteiger partial charge in [-0.1, -0.05) is 17.7 Å². The van der Waals surface area contributed by atoms with E-state index < -0.39 is 0 Å². The average Bonchev–Trinajstić information content (AvgIpc) is 2.86. The lowest BCUT2D eigenvalue weighted by atomic mass is 9.93. The molecule has 3 nitrogen and oxygen atoms in total. The van der Waals surface area contributed by atoms with Gasteiger partial charge < -0.3 is 10.1 Å². The highest BCUT2D eigenvalue weighted by Crippen LogP contribution is 2.28. The summed E-state index contributed by atoms with van der Waals surface area (Å²) in [7, 11) is 1.77. The molecule has 2 saturated heterocycles. The SMILES string of the molecule is COc1ccc(C)cc1CN1CCC2NCCC2C1.Cl. The number of nitrogens with one attached hydrogen (secondary N) is 1. The molecule has 112 valence electrons. The summed E-state index contributed by atoms with van der Waals surface area (Å²) in [4.78, 5) is 2.59. The Kier molecular flexibility index (Phi) is 5.30. The van der Waals surface area contributed by atoms with Gasteiger partial charge in [0.15, 0.2) is 0 Å². The van der Waals surface area contributed by atoms with Gasteiger partial charge in [0.1, 0.15) is 5.75 Å². The summed E-state index contributed by atoms with van der Waals surface area (Å²) >= 11 is 0. The van der Waals surface area contributed by atoms with E-state index in [2.05, 4.69) is 35.3 Å². The molecule has 20 heavy (non-hydrogen) atoms. The molecule has 4 heteroatoms. The Bertz CT molecular complexity index is 452. The van der Waals surface area contributed by atoms with Gasteiger partial charge in [-0.05, 0) is 44.8 Å². The highest BCUT2D eigenvalue weighted by Gasteiger charge is 2.32. The van der Waals surface area contributed by atoms with E-state index in [1.807, 2.05) is 0 Å². The molecule has 2 aliphatic heterocycles. The molecule has 2 atom stereocenters. The first-order valence-corrected chi connectivity index (χ1v) is 7.35. The van der Waals surface area contributed by atoms with Gasteiger partial charge in [-0.15, -0.1) is 12.4 Å². The summed E-state index contributed by atoms with van der Waals surface area (Å²) in [5.74, 6) is 1.88. The second-order valence-corrected chi connectivity index (χ2v) is 5.95. The van der Waals surface area contributed by atoms with Crippen LogP contribution in [-0.2, 0) is 6.54 Å². The van der Waals surface area contributed by atoms with Crippen molar-refractivity contribution in [2.45, 2.75) is 32.4 Å². The topological polar surface area (TPSA) is 24.5 Å². The second kappa shape index (κ2) is 6.79. The monoisotopic (exact) mass is 296 g/mol. The van der Waals surface area contributed by atoms with Crippen molar-refractivity contribution in [2.75, 3.05) is 26.7 Å². The highest BCUT2D eigenvalue weighted by molar-refractivity contribution is 5.85. The van der Waals surface area contributed by atoms with E-state index in [0.717, 1.165) is 24.3 Å². The van der Waals surface area contributed by atoms with Crippen LogP contribution in [0.2, 0.25) is 0 Å². The predicted molar refractivity (Wildman–Crippen MR) is 84.8 cm³/mol. The fraction of sp³-hybridized carbons (Fsp3) is 0.625. The maximum Gasteiger partial charge on any atom is 0.123 e. The van der Waals surface area contributed by atoms with Crippen LogP contribution in [0, 0.1) is 12.8 Å². The van der Waals surface area contributed by atoms with Crippen LogP contribution >= 0.6 is 12.4 Å². The molecule has 1 aromatic carbocycles. The van der Waals surface area contributed by atoms with Crippen molar-refractivity contribution in [3.05, 3.63) is 29.3 Å². The van der Waals surface area contributed by atoms with E-state index in [1.165, 1.54) is 43.6 Å². The zero-order valence-corrected chi connectivity index (χ0v) is 13.2. The quantitative estimate of drug-likeness (QED) is 0.928. The Morgan fingerprint density at radius 3 is 3.00 bits per heavy atom. The summed E-state index contributed by atoms with van der Waals surface area (Å²) < 4.78 is 5.49. The van der Waals surface area contributed by atoms with E-state index in [9.17, 15) is 0 Å².